The minimum Gasteiger partial charge on any atom is -0.355 e. The molecule has 1 aliphatic heterocycles. The van der Waals surface area contributed by atoms with Gasteiger partial charge in [0.15, 0.2) is 0 Å². The molecule has 130 valence electrons. The zero-order valence-corrected chi connectivity index (χ0v) is 15.2. The van der Waals surface area contributed by atoms with Gasteiger partial charge in [-0.3, -0.25) is 9.69 Å². The van der Waals surface area contributed by atoms with Gasteiger partial charge in [-0.15, -0.1) is 11.3 Å². The van der Waals surface area contributed by atoms with Crippen molar-refractivity contribution in [2.75, 3.05) is 19.6 Å². The third-order valence-electron chi connectivity index (χ3n) is 4.47. The van der Waals surface area contributed by atoms with Crippen LogP contribution >= 0.6 is 11.3 Å². The number of nitrogens with zero attached hydrogens (tertiary/aromatic N) is 4. The van der Waals surface area contributed by atoms with Crippen molar-refractivity contribution >= 4 is 17.2 Å². The van der Waals surface area contributed by atoms with Gasteiger partial charge in [-0.1, -0.05) is 6.07 Å². The highest BCUT2D eigenvalue weighted by Gasteiger charge is 2.27. The van der Waals surface area contributed by atoms with Gasteiger partial charge in [-0.05, 0) is 51.1 Å². The van der Waals surface area contributed by atoms with Gasteiger partial charge < -0.3 is 5.32 Å². The molecule has 0 radical (unpaired) electrons. The summed E-state index contributed by atoms with van der Waals surface area (Å²) in [5, 5.41) is 9.55. The highest BCUT2D eigenvalue weighted by atomic mass is 32.1. The van der Waals surface area contributed by atoms with Crippen molar-refractivity contribution in [3.05, 3.63) is 34.0 Å². The number of nitrogens with one attached hydrogen (secondary N) is 1. The Hall–Kier alpha value is -1.73. The lowest BCUT2D eigenvalue weighted by Crippen LogP contribution is -2.42. The molecule has 24 heavy (non-hydrogen) atoms. The van der Waals surface area contributed by atoms with Gasteiger partial charge in [0.25, 0.3) is 0 Å². The molecule has 1 N–H and O–H groups in total. The first-order valence-corrected chi connectivity index (χ1v) is 9.41. The van der Waals surface area contributed by atoms with Crippen LogP contribution in [0.3, 0.4) is 0 Å². The number of aromatic nitrogens is 3. The molecule has 1 saturated heterocycles. The summed E-state index contributed by atoms with van der Waals surface area (Å²) in [6, 6.07) is 4.52. The third kappa shape index (κ3) is 4.42. The molecular weight excluding hydrogens is 322 g/mol. The van der Waals surface area contributed by atoms with Gasteiger partial charge in [-0.25, -0.2) is 9.67 Å². The van der Waals surface area contributed by atoms with E-state index in [-0.39, 0.29) is 5.91 Å². The number of hydrogen-bond donors (Lipinski definition) is 1. The van der Waals surface area contributed by atoms with Crippen LogP contribution in [0.5, 0.6) is 0 Å². The van der Waals surface area contributed by atoms with E-state index in [4.69, 9.17) is 0 Å². The number of carbonyl (C=O) groups is 1. The van der Waals surface area contributed by atoms with Crippen molar-refractivity contribution in [2.24, 2.45) is 0 Å². The predicted octanol–water partition coefficient (Wildman–Crippen LogP) is 1.78. The van der Waals surface area contributed by atoms with Gasteiger partial charge in [0, 0.05) is 17.5 Å². The molecule has 0 bridgehead atoms. The number of carbonyl (C=O) groups excluding carboxylic acids is 1. The van der Waals surface area contributed by atoms with Crippen molar-refractivity contribution in [1.82, 2.24) is 25.0 Å². The smallest absolute Gasteiger partial charge is 0.234 e. The summed E-state index contributed by atoms with van der Waals surface area (Å²) in [4.78, 5) is 20.2. The largest absolute Gasteiger partial charge is 0.355 e. The van der Waals surface area contributed by atoms with Gasteiger partial charge in [0.2, 0.25) is 5.91 Å². The Bertz CT molecular complexity index is 667. The normalized spacial score (nSPS) is 18.2. The maximum Gasteiger partial charge on any atom is 0.234 e. The number of rotatable bonds is 7. The standard InChI is InChI=1S/C17H25N5OS/c1-13-19-14(2)22(20-13)11-15-5-3-9-21(15)12-17(23)18-8-7-16-6-4-10-24-16/h4,6,10,15H,3,5,7-9,11-12H2,1-2H3,(H,18,23)/t15-/m0/s1. The predicted molar refractivity (Wildman–Crippen MR) is 95.1 cm³/mol. The average Bonchev–Trinajstić information content (AvgIpc) is 3.24. The van der Waals surface area contributed by atoms with Crippen molar-refractivity contribution in [2.45, 2.75) is 45.7 Å². The first-order chi connectivity index (χ1) is 11.6. The number of thiophene rings is 1. The highest BCUT2D eigenvalue weighted by Crippen LogP contribution is 2.18. The molecule has 6 nitrogen and oxygen atoms in total. The van der Waals surface area contributed by atoms with E-state index in [1.165, 1.54) is 4.88 Å². The maximum atomic E-state index is 12.2. The molecule has 0 aromatic carbocycles. The first kappa shape index (κ1) is 17.1. The third-order valence-corrected chi connectivity index (χ3v) is 5.40. The van der Waals surface area contributed by atoms with Crippen LogP contribution < -0.4 is 5.32 Å². The summed E-state index contributed by atoms with van der Waals surface area (Å²) in [5.41, 5.74) is 0. The van der Waals surface area contributed by atoms with Gasteiger partial charge in [0.1, 0.15) is 11.6 Å². The number of amides is 1. The summed E-state index contributed by atoms with van der Waals surface area (Å²) in [6.45, 7) is 6.87. The molecule has 3 rings (SSSR count). The summed E-state index contributed by atoms with van der Waals surface area (Å²) in [6.07, 6.45) is 3.16. The molecule has 0 aliphatic carbocycles. The molecule has 7 heteroatoms. The van der Waals surface area contributed by atoms with Crippen molar-refractivity contribution < 1.29 is 4.79 Å². The molecule has 2 aromatic heterocycles. The minimum atomic E-state index is 0.116. The van der Waals surface area contributed by atoms with E-state index in [2.05, 4.69) is 31.7 Å². The summed E-state index contributed by atoms with van der Waals surface area (Å²) < 4.78 is 1.97. The average molecular weight is 347 g/mol. The van der Waals surface area contributed by atoms with E-state index in [1.807, 2.05) is 24.6 Å². The Kier molecular flexibility index (Phi) is 5.63. The Labute approximate surface area is 146 Å². The van der Waals surface area contributed by atoms with Crippen LogP contribution in [0.1, 0.15) is 29.4 Å². The second-order valence-corrected chi connectivity index (χ2v) is 7.37. The molecule has 0 spiro atoms. The minimum absolute atomic E-state index is 0.116. The fourth-order valence-corrected chi connectivity index (χ4v) is 3.97. The molecule has 2 aromatic rings. The first-order valence-electron chi connectivity index (χ1n) is 8.53. The SMILES string of the molecule is Cc1nc(C)n(C[C@@H]2CCCN2CC(=O)NCCc2cccs2)n1. The molecule has 1 atom stereocenters. The quantitative estimate of drug-likeness (QED) is 0.829. The molecule has 0 unspecified atom stereocenters. The van der Waals surface area contributed by atoms with Crippen LogP contribution in [0.15, 0.2) is 17.5 Å². The number of likely N-dealkylation sites (tertiary alicyclic amines) is 1. The zero-order chi connectivity index (χ0) is 16.9. The van der Waals surface area contributed by atoms with Gasteiger partial charge >= 0.3 is 0 Å². The summed E-state index contributed by atoms with van der Waals surface area (Å²) in [5.74, 6) is 1.87. The lowest BCUT2D eigenvalue weighted by atomic mass is 10.2. The van der Waals surface area contributed by atoms with E-state index >= 15 is 0 Å². The van der Waals surface area contributed by atoms with E-state index < -0.39 is 0 Å². The molecule has 1 aliphatic rings. The second-order valence-electron chi connectivity index (χ2n) is 6.33. The van der Waals surface area contributed by atoms with Crippen molar-refractivity contribution in [1.29, 1.82) is 0 Å². The molecule has 1 fully saturated rings. The molecular formula is C17H25N5OS. The van der Waals surface area contributed by atoms with Crippen LogP contribution in [0, 0.1) is 13.8 Å². The van der Waals surface area contributed by atoms with Crippen LogP contribution in [0.25, 0.3) is 0 Å². The van der Waals surface area contributed by atoms with Crippen molar-refractivity contribution in [3.8, 4) is 0 Å². The van der Waals surface area contributed by atoms with E-state index in [0.29, 0.717) is 19.1 Å². The monoisotopic (exact) mass is 347 g/mol. The Balaban J connectivity index is 1.46. The lowest BCUT2D eigenvalue weighted by Gasteiger charge is -2.24. The maximum absolute atomic E-state index is 12.2. The van der Waals surface area contributed by atoms with Crippen molar-refractivity contribution in [3.63, 3.8) is 0 Å². The topological polar surface area (TPSA) is 63.1 Å². The van der Waals surface area contributed by atoms with Gasteiger partial charge in [0.05, 0.1) is 13.1 Å². The zero-order valence-electron chi connectivity index (χ0n) is 14.4. The summed E-state index contributed by atoms with van der Waals surface area (Å²) in [7, 11) is 0. The molecule has 3 heterocycles. The molecule has 1 amide bonds. The number of aryl methyl sites for hydroxylation is 2. The fraction of sp³-hybridized carbons (Fsp3) is 0.588. The van der Waals surface area contributed by atoms with Gasteiger partial charge in [-0.2, -0.15) is 5.10 Å². The van der Waals surface area contributed by atoms with Crippen LogP contribution in [0.2, 0.25) is 0 Å². The second kappa shape index (κ2) is 7.90. The number of hydrogen-bond acceptors (Lipinski definition) is 5. The molecule has 0 saturated carbocycles. The fourth-order valence-electron chi connectivity index (χ4n) is 3.26. The van der Waals surface area contributed by atoms with Crippen LogP contribution in [-0.2, 0) is 17.8 Å². The summed E-state index contributed by atoms with van der Waals surface area (Å²) >= 11 is 1.74. The lowest BCUT2D eigenvalue weighted by molar-refractivity contribution is -0.122. The Morgan fingerprint density at radius 3 is 3.04 bits per heavy atom. The van der Waals surface area contributed by atoms with E-state index in [1.54, 1.807) is 11.3 Å². The Morgan fingerprint density at radius 2 is 2.33 bits per heavy atom. The van der Waals surface area contributed by atoms with Crippen LogP contribution in [0.4, 0.5) is 0 Å². The van der Waals surface area contributed by atoms with E-state index in [0.717, 1.165) is 44.0 Å². The van der Waals surface area contributed by atoms with E-state index in [9.17, 15) is 4.79 Å². The van der Waals surface area contributed by atoms with Crippen LogP contribution in [-0.4, -0.2) is 51.2 Å². The Morgan fingerprint density at radius 1 is 1.46 bits per heavy atom. The highest BCUT2D eigenvalue weighted by molar-refractivity contribution is 7.09.